The van der Waals surface area contributed by atoms with Gasteiger partial charge in [0.15, 0.2) is 6.61 Å². The van der Waals surface area contributed by atoms with E-state index in [1.54, 1.807) is 36.4 Å². The predicted molar refractivity (Wildman–Crippen MR) is 133 cm³/mol. The van der Waals surface area contributed by atoms with Crippen molar-refractivity contribution in [2.45, 2.75) is 16.9 Å². The summed E-state index contributed by atoms with van der Waals surface area (Å²) in [5, 5.41) is 16.4. The lowest BCUT2D eigenvalue weighted by molar-refractivity contribution is -0.130. The van der Waals surface area contributed by atoms with Gasteiger partial charge in [-0.1, -0.05) is 36.4 Å². The molecule has 1 radical (unpaired) electrons. The first-order valence-corrected chi connectivity index (χ1v) is 12.4. The second-order valence-corrected chi connectivity index (χ2v) is 9.44. The molecule has 1 saturated heterocycles. The van der Waals surface area contributed by atoms with Gasteiger partial charge in [0.25, 0.3) is 5.91 Å². The maximum atomic E-state index is 13.7. The maximum Gasteiger partial charge on any atom is 0.279 e. The highest BCUT2D eigenvalue weighted by Crippen LogP contribution is 2.46. The molecule has 3 atom stereocenters. The largest absolute Gasteiger partial charge is 0.484 e. The summed E-state index contributed by atoms with van der Waals surface area (Å²) in [6.07, 6.45) is -0.412. The van der Waals surface area contributed by atoms with E-state index in [9.17, 15) is 28.3 Å². The number of aldehydes is 1. The van der Waals surface area contributed by atoms with Gasteiger partial charge >= 0.3 is 0 Å². The number of hydrogen-bond donors (Lipinski definition) is 2. The molecule has 0 saturated carbocycles. The summed E-state index contributed by atoms with van der Waals surface area (Å²) < 4.78 is 32.4. The summed E-state index contributed by atoms with van der Waals surface area (Å²) in [6, 6.07) is 18.0. The first-order chi connectivity index (χ1) is 17.8. The molecule has 7 nitrogen and oxygen atoms in total. The van der Waals surface area contributed by atoms with Crippen LogP contribution in [0.2, 0.25) is 0 Å². The zero-order chi connectivity index (χ0) is 26.4. The van der Waals surface area contributed by atoms with Gasteiger partial charge in [0.05, 0.1) is 12.6 Å². The molecule has 1 aliphatic rings. The lowest BCUT2D eigenvalue weighted by atomic mass is 9.74. The molecule has 37 heavy (non-hydrogen) atoms. The van der Waals surface area contributed by atoms with Gasteiger partial charge in [-0.3, -0.25) is 9.59 Å². The van der Waals surface area contributed by atoms with Gasteiger partial charge in [-0.2, -0.15) is 0 Å². The zero-order valence-electron chi connectivity index (χ0n) is 19.5. The van der Waals surface area contributed by atoms with Crippen molar-refractivity contribution in [2.75, 3.05) is 18.9 Å². The molecule has 1 aliphatic heterocycles. The molecule has 1 unspecified atom stereocenters. The number of hydrogen-bond acceptors (Lipinski definition) is 6. The molecule has 0 spiro atoms. The number of β-lactam (4-membered cyclic amide) rings is 1. The van der Waals surface area contributed by atoms with E-state index in [1.165, 1.54) is 48.2 Å². The smallest absolute Gasteiger partial charge is 0.279 e. The molecule has 0 aromatic heterocycles. The zero-order valence-corrected chi connectivity index (χ0v) is 20.3. The minimum absolute atomic E-state index is 0.167. The Bertz CT molecular complexity index is 1260. The SMILES string of the molecule is O=CC[N]C(=O)COc1ccc([C@]2(c3ccc(F)cc3)NC(=O)[C@@H]2SCC(O)c2ccc(F)cc2)cc1. The van der Waals surface area contributed by atoms with Crippen LogP contribution in [-0.2, 0) is 19.9 Å². The van der Waals surface area contributed by atoms with Crippen LogP contribution in [0.1, 0.15) is 22.8 Å². The van der Waals surface area contributed by atoms with Crippen LogP contribution in [0.3, 0.4) is 0 Å². The Labute approximate surface area is 216 Å². The molecule has 1 fully saturated rings. The second-order valence-electron chi connectivity index (χ2n) is 8.30. The average molecular weight is 526 g/mol. The van der Waals surface area contributed by atoms with Crippen molar-refractivity contribution in [1.82, 2.24) is 10.6 Å². The van der Waals surface area contributed by atoms with Gasteiger partial charge < -0.3 is 20.0 Å². The minimum atomic E-state index is -1.01. The van der Waals surface area contributed by atoms with Gasteiger partial charge in [0.2, 0.25) is 5.91 Å². The summed E-state index contributed by atoms with van der Waals surface area (Å²) in [5.41, 5.74) is 0.860. The highest BCUT2D eigenvalue weighted by molar-refractivity contribution is 8.00. The Morgan fingerprint density at radius 3 is 2.16 bits per heavy atom. The van der Waals surface area contributed by atoms with Gasteiger partial charge in [0.1, 0.15) is 34.5 Å². The molecule has 10 heteroatoms. The molecule has 2 amide bonds. The lowest BCUT2D eigenvalue weighted by Gasteiger charge is -2.50. The second kappa shape index (κ2) is 11.5. The first kappa shape index (κ1) is 26.3. The van der Waals surface area contributed by atoms with Crippen molar-refractivity contribution in [3.8, 4) is 5.75 Å². The normalized spacial score (nSPS) is 19.3. The minimum Gasteiger partial charge on any atom is -0.484 e. The molecule has 3 aromatic carbocycles. The fraction of sp³-hybridized carbons (Fsp3) is 0.222. The summed E-state index contributed by atoms with van der Waals surface area (Å²) in [4.78, 5) is 34.7. The van der Waals surface area contributed by atoms with E-state index in [0.717, 1.165) is 0 Å². The van der Waals surface area contributed by atoms with Crippen LogP contribution in [0.5, 0.6) is 5.75 Å². The van der Waals surface area contributed by atoms with Gasteiger partial charge in [-0.25, -0.2) is 14.1 Å². The average Bonchev–Trinajstić information content (AvgIpc) is 2.90. The van der Waals surface area contributed by atoms with E-state index >= 15 is 0 Å². The number of halogens is 2. The quantitative estimate of drug-likeness (QED) is 0.295. The Balaban J connectivity index is 1.55. The summed E-state index contributed by atoms with van der Waals surface area (Å²) in [5.74, 6) is -1.10. The molecular weight excluding hydrogens is 502 g/mol. The van der Waals surface area contributed by atoms with Crippen molar-refractivity contribution in [3.05, 3.63) is 101 Å². The lowest BCUT2D eigenvalue weighted by Crippen LogP contribution is -2.69. The molecule has 1 heterocycles. The van der Waals surface area contributed by atoms with Crippen molar-refractivity contribution in [1.29, 1.82) is 0 Å². The third kappa shape index (κ3) is 5.81. The first-order valence-electron chi connectivity index (χ1n) is 11.3. The predicted octanol–water partition coefficient (Wildman–Crippen LogP) is 2.88. The number of rotatable bonds is 11. The number of aliphatic hydroxyl groups is 1. The van der Waals surface area contributed by atoms with E-state index < -0.39 is 34.4 Å². The molecule has 4 rings (SSSR count). The Hall–Kier alpha value is -3.76. The van der Waals surface area contributed by atoms with Crippen molar-refractivity contribution in [3.63, 3.8) is 0 Å². The molecule has 0 aliphatic carbocycles. The number of benzene rings is 3. The topological polar surface area (TPSA) is 107 Å². The van der Waals surface area contributed by atoms with Crippen LogP contribution in [0.25, 0.3) is 0 Å². The highest BCUT2D eigenvalue weighted by atomic mass is 32.2. The third-order valence-electron chi connectivity index (χ3n) is 5.94. The van der Waals surface area contributed by atoms with Crippen molar-refractivity contribution in [2.24, 2.45) is 0 Å². The number of thioether (sulfide) groups is 1. The fourth-order valence-corrected chi connectivity index (χ4v) is 5.44. The molecule has 0 bridgehead atoms. The highest BCUT2D eigenvalue weighted by Gasteiger charge is 2.56. The molecular formula is C27H23F2N2O5S. The van der Waals surface area contributed by atoms with Crippen LogP contribution in [0.15, 0.2) is 72.8 Å². The van der Waals surface area contributed by atoms with E-state index in [2.05, 4.69) is 10.6 Å². The fourth-order valence-electron chi connectivity index (χ4n) is 4.08. The Morgan fingerprint density at radius 1 is 1.03 bits per heavy atom. The standard InChI is InChI=1S/C27H23F2N2O5S/c28-20-7-1-17(2-8-20)23(33)16-37-25-26(35)31-27(25,18-3-9-21(29)10-4-18)19-5-11-22(12-6-19)36-15-24(34)30-13-14-32/h1-12,14,23,25,33H,13,15-16H2,(H,31,35)/t23?,25-,27-/m0/s1. The number of amides is 2. The van der Waals surface area contributed by atoms with Crippen LogP contribution in [0.4, 0.5) is 8.78 Å². The van der Waals surface area contributed by atoms with Crippen molar-refractivity contribution >= 4 is 29.9 Å². The van der Waals surface area contributed by atoms with Gasteiger partial charge in [-0.15, -0.1) is 11.8 Å². The summed E-state index contributed by atoms with van der Waals surface area (Å²) in [7, 11) is 0. The summed E-state index contributed by atoms with van der Waals surface area (Å²) >= 11 is 1.24. The Kier molecular flexibility index (Phi) is 8.20. The molecule has 3 aromatic rings. The number of aliphatic hydroxyl groups excluding tert-OH is 1. The van der Waals surface area contributed by atoms with Gasteiger partial charge in [-0.05, 0) is 53.1 Å². The van der Waals surface area contributed by atoms with Crippen LogP contribution in [-0.4, -0.2) is 47.4 Å². The van der Waals surface area contributed by atoms with Crippen LogP contribution >= 0.6 is 11.8 Å². The molecule has 2 N–H and O–H groups in total. The Morgan fingerprint density at radius 2 is 1.59 bits per heavy atom. The van der Waals surface area contributed by atoms with E-state index in [-0.39, 0.29) is 24.8 Å². The number of nitrogens with zero attached hydrogens (tertiary/aromatic N) is 1. The van der Waals surface area contributed by atoms with Crippen molar-refractivity contribution < 1.29 is 33.0 Å². The number of carbonyl (C=O) groups excluding carboxylic acids is 3. The third-order valence-corrected chi connectivity index (χ3v) is 7.35. The van der Waals surface area contributed by atoms with Crippen LogP contribution in [0, 0.1) is 11.6 Å². The number of ether oxygens (including phenoxy) is 1. The van der Waals surface area contributed by atoms with Gasteiger partial charge in [0, 0.05) is 5.75 Å². The number of carbonyl (C=O) groups is 3. The molecule has 191 valence electrons. The summed E-state index contributed by atoms with van der Waals surface area (Å²) in [6.45, 7) is -0.553. The maximum absolute atomic E-state index is 13.7. The van der Waals surface area contributed by atoms with E-state index in [0.29, 0.717) is 28.7 Å². The van der Waals surface area contributed by atoms with E-state index in [1.807, 2.05) is 0 Å². The van der Waals surface area contributed by atoms with Crippen LogP contribution < -0.4 is 15.4 Å². The monoisotopic (exact) mass is 525 g/mol. The van der Waals surface area contributed by atoms with E-state index in [4.69, 9.17) is 4.74 Å². The number of nitrogens with one attached hydrogen (secondary N) is 1.